The van der Waals surface area contributed by atoms with Gasteiger partial charge in [0.2, 0.25) is 0 Å². The molecule has 1 rings (SSSR count). The van der Waals surface area contributed by atoms with Gasteiger partial charge in [-0.05, 0) is 28.0 Å². The van der Waals surface area contributed by atoms with Crippen LogP contribution in [0, 0.1) is 0 Å². The minimum Gasteiger partial charge on any atom is -0.254 e. The van der Waals surface area contributed by atoms with E-state index in [4.69, 9.17) is 8.22 Å². The van der Waals surface area contributed by atoms with Crippen LogP contribution in [0.25, 0.3) is 0 Å². The minimum absolute atomic E-state index is 0.584. The molecule has 0 aliphatic carbocycles. The minimum atomic E-state index is -4.29. The zero-order valence-electron chi connectivity index (χ0n) is 11.1. The molecule has 0 saturated heterocycles. The fraction of sp³-hybridized carbons (Fsp3) is 0.286. The zero-order valence-corrected chi connectivity index (χ0v) is 6.67. The van der Waals surface area contributed by atoms with Gasteiger partial charge in [-0.1, -0.05) is 0 Å². The second-order valence-corrected chi connectivity index (χ2v) is 2.50. The lowest BCUT2D eigenvalue weighted by Gasteiger charge is -2.09. The van der Waals surface area contributed by atoms with E-state index in [-0.39, 0.29) is 0 Å². The number of hydrogen-bond acceptors (Lipinski definition) is 1. The number of pyridine rings is 1. The van der Waals surface area contributed by atoms with Crippen molar-refractivity contribution in [1.82, 2.24) is 4.98 Å². The summed E-state index contributed by atoms with van der Waals surface area (Å²) in [5.41, 5.74) is -1.22. The van der Waals surface area contributed by atoms with E-state index in [1.165, 1.54) is 0 Å². The molecule has 1 aromatic rings. The van der Waals surface area contributed by atoms with Gasteiger partial charge in [0.05, 0.1) is 4.11 Å². The molecule has 0 aliphatic rings. The molecule has 60 valence electrons. The number of halogens is 3. The number of aromatic nitrogens is 1. The highest BCUT2D eigenvalue weighted by molar-refractivity contribution is 9.10. The molecule has 0 amide bonds. The first-order valence-electron chi connectivity index (χ1n) is 5.51. The van der Waals surface area contributed by atoms with Crippen molar-refractivity contribution < 1.29 is 17.0 Å². The van der Waals surface area contributed by atoms with E-state index >= 15 is 0 Å². The molecule has 0 atom stereocenters. The summed E-state index contributed by atoms with van der Waals surface area (Å²) >= 11 is 2.61. The number of nitrogens with zero attached hydrogens (tertiary/aromatic N) is 1. The lowest BCUT2D eigenvalue weighted by atomic mass is 10.2. The Kier molecular flexibility index (Phi) is 0.900. The van der Waals surface area contributed by atoms with E-state index in [1.54, 1.807) is 0 Å². The lowest BCUT2D eigenvalue weighted by molar-refractivity contribution is 0.0119. The summed E-state index contributed by atoms with van der Waals surface area (Å²) in [6, 6.07) is -1.34. The molecule has 0 bridgehead atoms. The SMILES string of the molecule is [2H]c1nc(C(F)(F)C([2H])([2H])[2H])c(Br)c([2H])c1[2H]. The molecular formula is C7H6BrF2N. The Hall–Kier alpha value is -0.510. The predicted molar refractivity (Wildman–Crippen MR) is 41.5 cm³/mol. The molecule has 1 heterocycles. The predicted octanol–water partition coefficient (Wildman–Crippen LogP) is 2.96. The maximum atomic E-state index is 13.5. The van der Waals surface area contributed by atoms with Crippen LogP contribution in [0.5, 0.6) is 0 Å². The maximum Gasteiger partial charge on any atom is 0.288 e. The third-order valence-corrected chi connectivity index (χ3v) is 1.47. The van der Waals surface area contributed by atoms with Crippen molar-refractivity contribution in [3.8, 4) is 0 Å². The molecule has 0 aromatic carbocycles. The second kappa shape index (κ2) is 2.85. The normalized spacial score (nSPS) is 20.6. The van der Waals surface area contributed by atoms with Crippen LogP contribution in [0.2, 0.25) is 0 Å². The van der Waals surface area contributed by atoms with Gasteiger partial charge < -0.3 is 0 Å². The molecule has 0 unspecified atom stereocenters. The van der Waals surface area contributed by atoms with Crippen molar-refractivity contribution in [1.29, 1.82) is 0 Å². The first-order chi connectivity index (χ1) is 7.50. The average molecular weight is 228 g/mol. The van der Waals surface area contributed by atoms with Crippen LogP contribution >= 0.6 is 15.9 Å². The summed E-state index contributed by atoms with van der Waals surface area (Å²) < 4.78 is 68.2. The highest BCUT2D eigenvalue weighted by atomic mass is 79.9. The molecule has 0 radical (unpaired) electrons. The van der Waals surface area contributed by atoms with Gasteiger partial charge in [0.15, 0.2) is 0 Å². The van der Waals surface area contributed by atoms with Gasteiger partial charge in [-0.15, -0.1) is 0 Å². The van der Waals surface area contributed by atoms with Gasteiger partial charge in [0, 0.05) is 21.6 Å². The molecule has 0 aliphatic heterocycles. The molecule has 1 nitrogen and oxygen atoms in total. The fourth-order valence-corrected chi connectivity index (χ4v) is 0.920. The molecule has 4 heteroatoms. The molecule has 0 spiro atoms. The topological polar surface area (TPSA) is 12.9 Å². The second-order valence-electron chi connectivity index (χ2n) is 1.71. The Morgan fingerprint density at radius 1 is 1.82 bits per heavy atom. The summed E-state index contributed by atoms with van der Waals surface area (Å²) in [5, 5.41) is 0. The monoisotopic (exact) mass is 227 g/mol. The third-order valence-electron chi connectivity index (χ3n) is 0.901. The molecule has 1 aromatic heterocycles. The largest absolute Gasteiger partial charge is 0.288 e. The number of alkyl halides is 2. The molecule has 11 heavy (non-hydrogen) atoms. The van der Waals surface area contributed by atoms with Gasteiger partial charge in [0.1, 0.15) is 5.69 Å². The average Bonchev–Trinajstić information content (AvgIpc) is 2.18. The van der Waals surface area contributed by atoms with Crippen molar-refractivity contribution in [3.05, 3.63) is 28.4 Å². The molecule has 0 N–H and O–H groups in total. The Labute approximate surface area is 80.0 Å². The quantitative estimate of drug-likeness (QED) is 0.720. The van der Waals surface area contributed by atoms with Gasteiger partial charge in [-0.2, -0.15) is 8.78 Å². The van der Waals surface area contributed by atoms with E-state index in [0.29, 0.717) is 0 Å². The van der Waals surface area contributed by atoms with E-state index in [2.05, 4.69) is 20.9 Å². The standard InChI is InChI=1S/C7H6BrF2N/c1-7(9,10)6-5(8)3-2-4-11-6/h2-4H,1H3/i1D3,2D,3D,4D. The smallest absolute Gasteiger partial charge is 0.254 e. The van der Waals surface area contributed by atoms with Crippen molar-refractivity contribution >= 4 is 15.9 Å². The highest BCUT2D eigenvalue weighted by Crippen LogP contribution is 2.30. The summed E-state index contributed by atoms with van der Waals surface area (Å²) in [6.07, 6.45) is -0.864. The third kappa shape index (κ3) is 1.96. The Balaban J connectivity index is 3.54. The summed E-state index contributed by atoms with van der Waals surface area (Å²) in [4.78, 5) is 3.07. The highest BCUT2D eigenvalue weighted by Gasteiger charge is 2.28. The van der Waals surface area contributed by atoms with Crippen molar-refractivity contribution in [2.75, 3.05) is 0 Å². The fourth-order valence-electron chi connectivity index (χ4n) is 0.483. The zero-order chi connectivity index (χ0) is 13.6. The Morgan fingerprint density at radius 2 is 2.55 bits per heavy atom. The number of hydrogen-bond donors (Lipinski definition) is 0. The van der Waals surface area contributed by atoms with Crippen LogP contribution in [-0.4, -0.2) is 4.98 Å². The van der Waals surface area contributed by atoms with Crippen molar-refractivity contribution in [2.45, 2.75) is 12.8 Å². The first kappa shape index (κ1) is 3.47. The van der Waals surface area contributed by atoms with Crippen LogP contribution in [0.15, 0.2) is 22.7 Å². The van der Waals surface area contributed by atoms with Gasteiger partial charge in [0.25, 0.3) is 5.92 Å². The van der Waals surface area contributed by atoms with Gasteiger partial charge in [-0.3, -0.25) is 4.98 Å². The number of rotatable bonds is 1. The van der Waals surface area contributed by atoms with Crippen LogP contribution in [0.3, 0.4) is 0 Å². The Bertz CT molecular complexity index is 461. The van der Waals surface area contributed by atoms with Crippen molar-refractivity contribution in [3.63, 3.8) is 0 Å². The van der Waals surface area contributed by atoms with E-state index in [1.807, 2.05) is 0 Å². The molecule has 0 saturated carbocycles. The molecular weight excluding hydrogens is 216 g/mol. The van der Waals surface area contributed by atoms with Crippen molar-refractivity contribution in [2.24, 2.45) is 0 Å². The first-order valence-corrected chi connectivity index (χ1v) is 3.31. The van der Waals surface area contributed by atoms with Crippen LogP contribution in [0.1, 0.15) is 20.8 Å². The van der Waals surface area contributed by atoms with Gasteiger partial charge >= 0.3 is 0 Å². The Morgan fingerprint density at radius 3 is 3.18 bits per heavy atom. The van der Waals surface area contributed by atoms with Crippen LogP contribution in [0.4, 0.5) is 8.78 Å². The molecule has 0 fully saturated rings. The van der Waals surface area contributed by atoms with Gasteiger partial charge in [-0.25, -0.2) is 0 Å². The van der Waals surface area contributed by atoms with E-state index < -0.39 is 41.2 Å². The van der Waals surface area contributed by atoms with E-state index in [0.717, 1.165) is 0 Å². The summed E-state index contributed by atoms with van der Waals surface area (Å²) in [6.45, 7) is -3.63. The lowest BCUT2D eigenvalue weighted by Crippen LogP contribution is -2.10. The summed E-state index contributed by atoms with van der Waals surface area (Å²) in [7, 11) is 0. The van der Waals surface area contributed by atoms with Crippen LogP contribution < -0.4 is 0 Å². The summed E-state index contributed by atoms with van der Waals surface area (Å²) in [5.74, 6) is -4.29. The maximum absolute atomic E-state index is 13.5. The van der Waals surface area contributed by atoms with Crippen LogP contribution in [-0.2, 0) is 5.92 Å². The van der Waals surface area contributed by atoms with E-state index in [9.17, 15) is 8.78 Å².